The summed E-state index contributed by atoms with van der Waals surface area (Å²) in [6, 6.07) is 12.9. The molecule has 3 aromatic rings. The first-order valence-corrected chi connectivity index (χ1v) is 11.1. The summed E-state index contributed by atoms with van der Waals surface area (Å²) in [7, 11) is 1.43. The van der Waals surface area contributed by atoms with Gasteiger partial charge in [0.15, 0.2) is 0 Å². The molecule has 1 heterocycles. The number of hydrogen-bond donors (Lipinski definition) is 2. The summed E-state index contributed by atoms with van der Waals surface area (Å²) < 4.78 is 11.5. The Morgan fingerprint density at radius 1 is 1.11 bits per heavy atom. The predicted octanol–water partition coefficient (Wildman–Crippen LogP) is 2.49. The van der Waals surface area contributed by atoms with Crippen molar-refractivity contribution in [1.29, 1.82) is 0 Å². The fraction of sp³-hybridized carbons (Fsp3) is 0.280. The number of nitrogens with one attached hydrogen (secondary N) is 1. The van der Waals surface area contributed by atoms with Gasteiger partial charge in [0.1, 0.15) is 17.9 Å². The molecule has 0 spiro atoms. The van der Waals surface area contributed by atoms with E-state index in [1.165, 1.54) is 7.11 Å². The molecule has 2 aromatic carbocycles. The van der Waals surface area contributed by atoms with Gasteiger partial charge in [0.25, 0.3) is 5.56 Å². The van der Waals surface area contributed by atoms with Crippen LogP contribution in [0.4, 0.5) is 5.69 Å². The summed E-state index contributed by atoms with van der Waals surface area (Å²) in [6.07, 6.45) is 1.15. The third-order valence-electron chi connectivity index (χ3n) is 5.43. The molecule has 0 unspecified atom stereocenters. The average Bonchev–Trinajstić information content (AvgIpc) is 2.87. The Balaban J connectivity index is 1.80. The van der Waals surface area contributed by atoms with Gasteiger partial charge in [-0.3, -0.25) is 14.8 Å². The van der Waals surface area contributed by atoms with Crippen LogP contribution < -0.4 is 16.0 Å². The van der Waals surface area contributed by atoms with Crippen molar-refractivity contribution in [1.82, 2.24) is 14.5 Å². The van der Waals surface area contributed by atoms with Crippen molar-refractivity contribution < 1.29 is 19.4 Å². The molecular weight excluding hydrogens is 452 g/mol. The molecule has 0 saturated heterocycles. The molecule has 3 rings (SSSR count). The highest BCUT2D eigenvalue weighted by Gasteiger charge is 2.17. The second-order valence-electron chi connectivity index (χ2n) is 7.47. The topological polar surface area (TPSA) is 126 Å². The molecule has 0 aliphatic rings. The zero-order chi connectivity index (χ0) is 25.4. The molecule has 0 radical (unpaired) electrons. The van der Waals surface area contributed by atoms with E-state index in [1.807, 2.05) is 13.8 Å². The number of carbonyl (C=O) groups excluding carboxylic acids is 1. The van der Waals surface area contributed by atoms with Gasteiger partial charge in [-0.15, -0.1) is 0 Å². The largest absolute Gasteiger partial charge is 0.495 e. The van der Waals surface area contributed by atoms with Crippen LogP contribution in [0.5, 0.6) is 11.6 Å². The van der Waals surface area contributed by atoms with Gasteiger partial charge >= 0.3 is 11.7 Å². The zero-order valence-electron chi connectivity index (χ0n) is 19.9. The maximum absolute atomic E-state index is 12.4. The second kappa shape index (κ2) is 11.8. The monoisotopic (exact) mass is 480 g/mol. The number of aliphatic imine (C=N–C) groups is 1. The Hall–Kier alpha value is -4.18. The summed E-state index contributed by atoms with van der Waals surface area (Å²) in [5.41, 5.74) is -0.774. The quantitative estimate of drug-likeness (QED) is 0.337. The van der Waals surface area contributed by atoms with Crippen LogP contribution in [0.15, 0.2) is 63.1 Å². The first-order valence-electron chi connectivity index (χ1n) is 11.1. The molecule has 1 aromatic heterocycles. The third-order valence-corrected chi connectivity index (χ3v) is 5.43. The molecule has 0 saturated carbocycles. The van der Waals surface area contributed by atoms with E-state index in [0.29, 0.717) is 30.2 Å². The normalized spacial score (nSPS) is 11.2. The van der Waals surface area contributed by atoms with Crippen LogP contribution in [-0.4, -0.2) is 65.1 Å². The Kier molecular flexibility index (Phi) is 8.58. The summed E-state index contributed by atoms with van der Waals surface area (Å²) in [4.78, 5) is 45.5. The lowest BCUT2D eigenvalue weighted by Crippen LogP contribution is -2.31. The number of ether oxygens (including phenoxy) is 2. The second-order valence-corrected chi connectivity index (χ2v) is 7.47. The molecule has 10 nitrogen and oxygen atoms in total. The van der Waals surface area contributed by atoms with Gasteiger partial charge in [-0.05, 0) is 49.5 Å². The van der Waals surface area contributed by atoms with Crippen molar-refractivity contribution >= 4 is 17.9 Å². The van der Waals surface area contributed by atoms with Gasteiger partial charge < -0.3 is 19.5 Å². The van der Waals surface area contributed by atoms with Crippen LogP contribution in [-0.2, 0) is 4.74 Å². The van der Waals surface area contributed by atoms with Crippen molar-refractivity contribution in [3.63, 3.8) is 0 Å². The average molecular weight is 481 g/mol. The van der Waals surface area contributed by atoms with E-state index in [9.17, 15) is 19.5 Å². The number of para-hydroxylation sites is 2. The van der Waals surface area contributed by atoms with E-state index in [4.69, 9.17) is 9.47 Å². The highest BCUT2D eigenvalue weighted by atomic mass is 16.5. The minimum absolute atomic E-state index is 0.213. The maximum Gasteiger partial charge on any atom is 0.338 e. The molecule has 35 heavy (non-hydrogen) atoms. The van der Waals surface area contributed by atoms with E-state index >= 15 is 0 Å². The SMILES string of the molecule is CCN(CC)CCOC(=O)c1ccc(N=Cc2c(O)n(-c3ccccc3OC)c(=O)[nH]c2=O)cc1. The lowest BCUT2D eigenvalue weighted by atomic mass is 10.2. The highest BCUT2D eigenvalue weighted by Crippen LogP contribution is 2.25. The number of aromatic hydroxyl groups is 1. The molecule has 0 aliphatic carbocycles. The first-order chi connectivity index (χ1) is 16.9. The molecule has 2 N–H and O–H groups in total. The number of rotatable bonds is 10. The Morgan fingerprint density at radius 3 is 2.46 bits per heavy atom. The fourth-order valence-corrected chi connectivity index (χ4v) is 3.41. The maximum atomic E-state index is 12.4. The minimum Gasteiger partial charge on any atom is -0.495 e. The fourth-order valence-electron chi connectivity index (χ4n) is 3.41. The van der Waals surface area contributed by atoms with Crippen molar-refractivity contribution in [3.8, 4) is 17.3 Å². The van der Waals surface area contributed by atoms with Crippen LogP contribution in [0.3, 0.4) is 0 Å². The van der Waals surface area contributed by atoms with Crippen molar-refractivity contribution in [2.75, 3.05) is 33.4 Å². The van der Waals surface area contributed by atoms with Crippen LogP contribution in [0.1, 0.15) is 29.8 Å². The third kappa shape index (κ3) is 6.04. The molecule has 0 amide bonds. The Labute approximate surface area is 202 Å². The number of likely N-dealkylation sites (N-methyl/N-ethyl adjacent to an activating group) is 1. The van der Waals surface area contributed by atoms with Gasteiger partial charge in [0.2, 0.25) is 5.88 Å². The molecule has 184 valence electrons. The van der Waals surface area contributed by atoms with Crippen molar-refractivity contribution in [3.05, 3.63) is 80.5 Å². The number of methoxy groups -OCH3 is 1. The van der Waals surface area contributed by atoms with Crippen LogP contribution in [0, 0.1) is 0 Å². The van der Waals surface area contributed by atoms with Gasteiger partial charge in [-0.25, -0.2) is 14.2 Å². The van der Waals surface area contributed by atoms with Crippen LogP contribution >= 0.6 is 0 Å². The molecule has 0 bridgehead atoms. The first kappa shape index (κ1) is 25.4. The van der Waals surface area contributed by atoms with Crippen LogP contribution in [0.2, 0.25) is 0 Å². The summed E-state index contributed by atoms with van der Waals surface area (Å²) >= 11 is 0. The number of nitrogens with zero attached hydrogens (tertiary/aromatic N) is 3. The number of aromatic nitrogens is 2. The van der Waals surface area contributed by atoms with Gasteiger partial charge in [0.05, 0.1) is 24.0 Å². The summed E-state index contributed by atoms with van der Waals surface area (Å²) in [6.45, 7) is 6.82. The van der Waals surface area contributed by atoms with Gasteiger partial charge in [-0.1, -0.05) is 26.0 Å². The standard InChI is InChI=1S/C25H28N4O6/c1-4-28(5-2)14-15-35-24(32)17-10-12-18(13-11-17)26-16-19-22(30)27-25(33)29(23(19)31)20-8-6-7-9-21(20)34-3/h6-13,16,31H,4-5,14-15H2,1-3H3,(H,27,30,33). The molecular formula is C25H28N4O6. The van der Waals surface area contributed by atoms with E-state index in [1.54, 1.807) is 48.5 Å². The highest BCUT2D eigenvalue weighted by molar-refractivity contribution is 5.90. The number of esters is 1. The Morgan fingerprint density at radius 2 is 1.80 bits per heavy atom. The molecule has 0 aliphatic heterocycles. The lowest BCUT2D eigenvalue weighted by Gasteiger charge is -2.17. The van der Waals surface area contributed by atoms with E-state index < -0.39 is 23.1 Å². The smallest absolute Gasteiger partial charge is 0.338 e. The number of aromatic amines is 1. The molecule has 10 heteroatoms. The van der Waals surface area contributed by atoms with Crippen LogP contribution in [0.25, 0.3) is 5.69 Å². The van der Waals surface area contributed by atoms with E-state index in [2.05, 4.69) is 14.9 Å². The van der Waals surface area contributed by atoms with Gasteiger partial charge in [0, 0.05) is 12.8 Å². The zero-order valence-corrected chi connectivity index (χ0v) is 19.9. The summed E-state index contributed by atoms with van der Waals surface area (Å²) in [5.74, 6) is -0.689. The number of H-pyrrole nitrogens is 1. The molecule has 0 fully saturated rings. The van der Waals surface area contributed by atoms with E-state index in [0.717, 1.165) is 23.9 Å². The minimum atomic E-state index is -0.821. The lowest BCUT2D eigenvalue weighted by molar-refractivity contribution is 0.0466. The van der Waals surface area contributed by atoms with Crippen molar-refractivity contribution in [2.24, 2.45) is 4.99 Å². The van der Waals surface area contributed by atoms with E-state index in [-0.39, 0.29) is 11.3 Å². The summed E-state index contributed by atoms with van der Waals surface area (Å²) in [5, 5.41) is 10.7. The van der Waals surface area contributed by atoms with Gasteiger partial charge in [-0.2, -0.15) is 0 Å². The number of benzene rings is 2. The Bertz CT molecular complexity index is 1310. The number of hydrogen-bond acceptors (Lipinski definition) is 8. The number of carbonyl (C=O) groups is 1. The van der Waals surface area contributed by atoms with Crippen molar-refractivity contribution in [2.45, 2.75) is 13.8 Å². The predicted molar refractivity (Wildman–Crippen MR) is 133 cm³/mol. The molecule has 0 atom stereocenters.